The first-order valence-electron chi connectivity index (χ1n) is 7.28. The lowest BCUT2D eigenvalue weighted by Gasteiger charge is -2.25. The van der Waals surface area contributed by atoms with Gasteiger partial charge in [0.05, 0.1) is 5.56 Å². The van der Waals surface area contributed by atoms with Gasteiger partial charge < -0.3 is 15.5 Å². The van der Waals surface area contributed by atoms with Gasteiger partial charge in [-0.05, 0) is 44.4 Å². The molecule has 1 fully saturated rings. The zero-order chi connectivity index (χ0) is 14.5. The molecule has 1 aromatic rings. The van der Waals surface area contributed by atoms with Crippen LogP contribution in [0.4, 0.5) is 5.82 Å². The van der Waals surface area contributed by atoms with Crippen LogP contribution in [0.25, 0.3) is 0 Å². The summed E-state index contributed by atoms with van der Waals surface area (Å²) in [4.78, 5) is 20.2. The molecule has 1 amide bonds. The summed E-state index contributed by atoms with van der Waals surface area (Å²) < 4.78 is 0. The molecule has 1 aromatic heterocycles. The molecule has 110 valence electrons. The topological polar surface area (TPSA) is 62.5 Å². The maximum absolute atomic E-state index is 11.8. The van der Waals surface area contributed by atoms with Crippen LogP contribution in [-0.4, -0.2) is 49.0 Å². The summed E-state index contributed by atoms with van der Waals surface area (Å²) in [5, 5.41) is 0. The molecule has 2 heterocycles. The van der Waals surface area contributed by atoms with E-state index in [0.29, 0.717) is 11.6 Å². The van der Waals surface area contributed by atoms with E-state index in [2.05, 4.69) is 9.88 Å². The van der Waals surface area contributed by atoms with Crippen LogP contribution in [0.2, 0.25) is 0 Å². The number of carbonyl (C=O) groups is 1. The van der Waals surface area contributed by atoms with E-state index < -0.39 is 0 Å². The summed E-state index contributed by atoms with van der Waals surface area (Å²) in [6.45, 7) is 1.79. The van der Waals surface area contributed by atoms with Crippen LogP contribution >= 0.6 is 0 Å². The Morgan fingerprint density at radius 2 is 2.30 bits per heavy atom. The van der Waals surface area contributed by atoms with Gasteiger partial charge in [-0.25, -0.2) is 4.98 Å². The van der Waals surface area contributed by atoms with E-state index in [1.807, 2.05) is 12.1 Å². The fourth-order valence-electron chi connectivity index (χ4n) is 2.73. The smallest absolute Gasteiger partial charge is 0.254 e. The Kier molecular flexibility index (Phi) is 4.95. The van der Waals surface area contributed by atoms with Crippen molar-refractivity contribution in [2.45, 2.75) is 31.7 Å². The minimum Gasteiger partial charge on any atom is -0.354 e. The Morgan fingerprint density at radius 3 is 2.90 bits per heavy atom. The zero-order valence-corrected chi connectivity index (χ0v) is 12.4. The molecule has 0 radical (unpaired) electrons. The van der Waals surface area contributed by atoms with Gasteiger partial charge in [-0.1, -0.05) is 0 Å². The van der Waals surface area contributed by atoms with Crippen molar-refractivity contribution >= 4 is 11.7 Å². The monoisotopic (exact) mass is 276 g/mol. The molecule has 0 aliphatic carbocycles. The van der Waals surface area contributed by atoms with Crippen LogP contribution in [0, 0.1) is 0 Å². The van der Waals surface area contributed by atoms with Gasteiger partial charge in [-0.3, -0.25) is 4.79 Å². The van der Waals surface area contributed by atoms with Crippen molar-refractivity contribution in [1.29, 1.82) is 0 Å². The highest BCUT2D eigenvalue weighted by Crippen LogP contribution is 2.26. The minimum absolute atomic E-state index is 0.00912. The molecule has 2 N–H and O–H groups in total. The number of hydrogen-bond acceptors (Lipinski definition) is 4. The van der Waals surface area contributed by atoms with Crippen LogP contribution in [0.1, 0.15) is 36.0 Å². The second kappa shape index (κ2) is 6.70. The number of nitrogens with two attached hydrogens (primary N) is 1. The maximum atomic E-state index is 11.8. The first-order chi connectivity index (χ1) is 9.63. The minimum atomic E-state index is -0.00912. The summed E-state index contributed by atoms with van der Waals surface area (Å²) in [5.74, 6) is 0.963. The highest BCUT2D eigenvalue weighted by Gasteiger charge is 2.25. The number of pyridine rings is 1. The van der Waals surface area contributed by atoms with Gasteiger partial charge >= 0.3 is 0 Å². The first-order valence-corrected chi connectivity index (χ1v) is 7.28. The third kappa shape index (κ3) is 3.28. The van der Waals surface area contributed by atoms with E-state index in [4.69, 9.17) is 5.73 Å². The number of nitrogens with zero attached hydrogens (tertiary/aromatic N) is 3. The van der Waals surface area contributed by atoms with Crippen molar-refractivity contribution in [2.75, 3.05) is 32.1 Å². The summed E-state index contributed by atoms with van der Waals surface area (Å²) in [7, 11) is 3.50. The number of hydrogen-bond donors (Lipinski definition) is 1. The van der Waals surface area contributed by atoms with Crippen molar-refractivity contribution in [1.82, 2.24) is 9.88 Å². The summed E-state index contributed by atoms with van der Waals surface area (Å²) in [6, 6.07) is 4.36. The molecule has 0 aromatic carbocycles. The standard InChI is InChI=1S/C15H24N4O/c1-18(2)15(20)12-7-8-14(17-11-12)19-10-4-6-13(19)5-3-9-16/h7-8,11,13H,3-6,9-10,16H2,1-2H3. The zero-order valence-electron chi connectivity index (χ0n) is 12.4. The van der Waals surface area contributed by atoms with Crippen molar-refractivity contribution in [2.24, 2.45) is 5.73 Å². The summed E-state index contributed by atoms with van der Waals surface area (Å²) >= 11 is 0. The third-order valence-electron chi connectivity index (χ3n) is 3.81. The summed E-state index contributed by atoms with van der Waals surface area (Å²) in [5.41, 5.74) is 6.23. The highest BCUT2D eigenvalue weighted by molar-refractivity contribution is 5.93. The normalized spacial score (nSPS) is 18.4. The quantitative estimate of drug-likeness (QED) is 0.885. The predicted octanol–water partition coefficient (Wildman–Crippen LogP) is 1.49. The van der Waals surface area contributed by atoms with Crippen LogP contribution in [0.15, 0.2) is 18.3 Å². The van der Waals surface area contributed by atoms with E-state index in [9.17, 15) is 4.79 Å². The largest absolute Gasteiger partial charge is 0.354 e. The molecule has 2 rings (SSSR count). The number of aromatic nitrogens is 1. The van der Waals surface area contributed by atoms with Crippen molar-refractivity contribution < 1.29 is 4.79 Å². The molecule has 0 spiro atoms. The number of carbonyl (C=O) groups excluding carboxylic acids is 1. The predicted molar refractivity (Wildman–Crippen MR) is 80.9 cm³/mol. The molecule has 1 unspecified atom stereocenters. The first kappa shape index (κ1) is 14.8. The lowest BCUT2D eigenvalue weighted by Crippen LogP contribution is -2.30. The number of rotatable bonds is 5. The molecular formula is C15H24N4O. The Labute approximate surface area is 120 Å². The Bertz CT molecular complexity index is 444. The van der Waals surface area contributed by atoms with Crippen molar-refractivity contribution in [3.63, 3.8) is 0 Å². The fourth-order valence-corrected chi connectivity index (χ4v) is 2.73. The molecule has 20 heavy (non-hydrogen) atoms. The van der Waals surface area contributed by atoms with E-state index in [1.165, 1.54) is 12.8 Å². The Balaban J connectivity index is 2.07. The average Bonchev–Trinajstić information content (AvgIpc) is 2.92. The van der Waals surface area contributed by atoms with Gasteiger partial charge in [0.2, 0.25) is 0 Å². The molecule has 0 saturated carbocycles. The van der Waals surface area contributed by atoms with Gasteiger partial charge in [-0.15, -0.1) is 0 Å². The molecule has 5 nitrogen and oxygen atoms in total. The number of anilines is 1. The molecule has 1 saturated heterocycles. The highest BCUT2D eigenvalue weighted by atomic mass is 16.2. The Hall–Kier alpha value is -1.62. The van der Waals surface area contributed by atoms with Crippen molar-refractivity contribution in [3.05, 3.63) is 23.9 Å². The van der Waals surface area contributed by atoms with Gasteiger partial charge in [0.25, 0.3) is 5.91 Å². The maximum Gasteiger partial charge on any atom is 0.254 e. The van der Waals surface area contributed by atoms with E-state index in [0.717, 1.165) is 31.7 Å². The lowest BCUT2D eigenvalue weighted by atomic mass is 10.1. The van der Waals surface area contributed by atoms with Crippen LogP contribution in [-0.2, 0) is 0 Å². The van der Waals surface area contributed by atoms with Gasteiger partial charge in [0.15, 0.2) is 0 Å². The molecule has 1 aliphatic rings. The van der Waals surface area contributed by atoms with E-state index >= 15 is 0 Å². The third-order valence-corrected chi connectivity index (χ3v) is 3.81. The lowest BCUT2D eigenvalue weighted by molar-refractivity contribution is 0.0827. The van der Waals surface area contributed by atoms with Crippen LogP contribution in [0.3, 0.4) is 0 Å². The average molecular weight is 276 g/mol. The number of amides is 1. The van der Waals surface area contributed by atoms with Gasteiger partial charge in [-0.2, -0.15) is 0 Å². The van der Waals surface area contributed by atoms with Gasteiger partial charge in [0, 0.05) is 32.9 Å². The fraction of sp³-hybridized carbons (Fsp3) is 0.600. The Morgan fingerprint density at radius 1 is 1.50 bits per heavy atom. The second-order valence-electron chi connectivity index (χ2n) is 5.53. The van der Waals surface area contributed by atoms with Gasteiger partial charge in [0.1, 0.15) is 5.82 Å². The second-order valence-corrected chi connectivity index (χ2v) is 5.53. The SMILES string of the molecule is CN(C)C(=O)c1ccc(N2CCCC2CCCN)nc1. The molecule has 0 bridgehead atoms. The molecule has 1 aliphatic heterocycles. The van der Waals surface area contributed by atoms with Crippen LogP contribution in [0.5, 0.6) is 0 Å². The summed E-state index contributed by atoms with van der Waals surface area (Å²) in [6.07, 6.45) is 6.26. The van der Waals surface area contributed by atoms with Crippen molar-refractivity contribution in [3.8, 4) is 0 Å². The molecule has 1 atom stereocenters. The molecule has 5 heteroatoms. The molecular weight excluding hydrogens is 252 g/mol. The van der Waals surface area contributed by atoms with E-state index in [-0.39, 0.29) is 5.91 Å². The van der Waals surface area contributed by atoms with Crippen LogP contribution < -0.4 is 10.6 Å². The van der Waals surface area contributed by atoms with E-state index in [1.54, 1.807) is 25.2 Å².